The molecule has 0 aliphatic rings. The summed E-state index contributed by atoms with van der Waals surface area (Å²) in [6, 6.07) is 7.86. The van der Waals surface area contributed by atoms with Crippen LogP contribution in [-0.4, -0.2) is 20.7 Å². The Morgan fingerprint density at radius 2 is 2.11 bits per heavy atom. The molecule has 98 valence electrons. The highest BCUT2D eigenvalue weighted by Crippen LogP contribution is 2.10. The van der Waals surface area contributed by atoms with Gasteiger partial charge >= 0.3 is 0 Å². The second-order valence-corrected chi connectivity index (χ2v) is 3.94. The van der Waals surface area contributed by atoms with E-state index in [0.29, 0.717) is 6.54 Å². The number of anilines is 2. The Morgan fingerprint density at radius 3 is 2.68 bits per heavy atom. The van der Waals surface area contributed by atoms with Crippen molar-refractivity contribution < 1.29 is 0 Å². The third kappa shape index (κ3) is 3.09. The summed E-state index contributed by atoms with van der Waals surface area (Å²) in [5.74, 6) is 0.247. The molecular weight excluding hydrogens is 242 g/mol. The highest BCUT2D eigenvalue weighted by molar-refractivity contribution is 5.87. The SMILES string of the molecule is C=Cc1ccc(Cn2nc(NC(=N)N)nc2N)cc1. The molecule has 0 unspecified atom stereocenters. The fraction of sp³-hybridized carbons (Fsp3) is 0.0833. The van der Waals surface area contributed by atoms with Crippen molar-refractivity contribution in [3.63, 3.8) is 0 Å². The zero-order valence-electron chi connectivity index (χ0n) is 10.3. The molecule has 7 heteroatoms. The largest absolute Gasteiger partial charge is 0.370 e. The van der Waals surface area contributed by atoms with Gasteiger partial charge in [0.1, 0.15) is 0 Å². The first-order valence-electron chi connectivity index (χ1n) is 5.61. The van der Waals surface area contributed by atoms with Crippen LogP contribution in [0.25, 0.3) is 6.08 Å². The van der Waals surface area contributed by atoms with Gasteiger partial charge in [0.05, 0.1) is 6.54 Å². The van der Waals surface area contributed by atoms with Crippen LogP contribution in [0.2, 0.25) is 0 Å². The van der Waals surface area contributed by atoms with Crippen molar-refractivity contribution in [2.24, 2.45) is 5.73 Å². The van der Waals surface area contributed by atoms with Crippen LogP contribution in [0, 0.1) is 5.41 Å². The summed E-state index contributed by atoms with van der Waals surface area (Å²) in [4.78, 5) is 3.96. The summed E-state index contributed by atoms with van der Waals surface area (Å²) in [5, 5.41) is 13.7. The van der Waals surface area contributed by atoms with Gasteiger partial charge in [-0.1, -0.05) is 36.9 Å². The number of nitrogens with one attached hydrogen (secondary N) is 2. The number of nitrogens with zero attached hydrogens (tertiary/aromatic N) is 3. The normalized spacial score (nSPS) is 10.1. The summed E-state index contributed by atoms with van der Waals surface area (Å²) in [6.45, 7) is 4.20. The van der Waals surface area contributed by atoms with Gasteiger partial charge in [-0.3, -0.25) is 10.7 Å². The van der Waals surface area contributed by atoms with Gasteiger partial charge in [0.15, 0.2) is 5.96 Å². The standard InChI is InChI=1S/C12H15N7/c1-2-8-3-5-9(6-4-8)7-19-11(15)17-12(18-19)16-10(13)14/h2-6H,1,7H2,(H6,13,14,15,16,17,18). The lowest BCUT2D eigenvalue weighted by Gasteiger charge is -2.03. The molecule has 2 aromatic rings. The van der Waals surface area contributed by atoms with Gasteiger partial charge in [0.25, 0.3) is 5.95 Å². The molecule has 2 rings (SSSR count). The molecule has 19 heavy (non-hydrogen) atoms. The molecule has 0 amide bonds. The molecule has 0 saturated carbocycles. The molecule has 0 fully saturated rings. The quantitative estimate of drug-likeness (QED) is 0.478. The number of rotatable bonds is 4. The number of guanidine groups is 1. The third-order valence-electron chi connectivity index (χ3n) is 2.49. The molecular formula is C12H15N7. The number of benzene rings is 1. The number of aromatic nitrogens is 3. The van der Waals surface area contributed by atoms with E-state index in [1.54, 1.807) is 6.08 Å². The zero-order chi connectivity index (χ0) is 13.8. The van der Waals surface area contributed by atoms with Gasteiger partial charge in [-0.2, -0.15) is 4.98 Å². The van der Waals surface area contributed by atoms with Crippen LogP contribution >= 0.6 is 0 Å². The molecule has 1 heterocycles. The molecule has 0 saturated heterocycles. The van der Waals surface area contributed by atoms with E-state index in [-0.39, 0.29) is 17.9 Å². The van der Waals surface area contributed by atoms with Crippen molar-refractivity contribution in [2.75, 3.05) is 11.1 Å². The Hall–Kier alpha value is -2.83. The maximum Gasteiger partial charge on any atom is 0.250 e. The lowest BCUT2D eigenvalue weighted by atomic mass is 10.1. The molecule has 0 aliphatic carbocycles. The third-order valence-corrected chi connectivity index (χ3v) is 2.49. The van der Waals surface area contributed by atoms with Gasteiger partial charge in [-0.15, -0.1) is 5.10 Å². The summed E-state index contributed by atoms with van der Waals surface area (Å²) >= 11 is 0. The van der Waals surface area contributed by atoms with Crippen LogP contribution in [0.1, 0.15) is 11.1 Å². The predicted molar refractivity (Wildman–Crippen MR) is 75.6 cm³/mol. The summed E-state index contributed by atoms with van der Waals surface area (Å²) in [7, 11) is 0. The number of nitrogen functional groups attached to an aromatic ring is 1. The molecule has 1 aromatic heterocycles. The monoisotopic (exact) mass is 257 g/mol. The first-order valence-corrected chi connectivity index (χ1v) is 5.61. The molecule has 7 nitrogen and oxygen atoms in total. The van der Waals surface area contributed by atoms with Crippen molar-refractivity contribution in [3.05, 3.63) is 42.0 Å². The zero-order valence-corrected chi connectivity index (χ0v) is 10.3. The summed E-state index contributed by atoms with van der Waals surface area (Å²) in [6.07, 6.45) is 1.78. The molecule has 0 aliphatic heterocycles. The average Bonchev–Trinajstić information content (AvgIpc) is 2.69. The van der Waals surface area contributed by atoms with Crippen LogP contribution in [0.4, 0.5) is 11.9 Å². The highest BCUT2D eigenvalue weighted by Gasteiger charge is 2.07. The average molecular weight is 257 g/mol. The molecule has 1 aromatic carbocycles. The molecule has 0 radical (unpaired) electrons. The lowest BCUT2D eigenvalue weighted by Crippen LogP contribution is -2.21. The van der Waals surface area contributed by atoms with Crippen molar-refractivity contribution >= 4 is 23.9 Å². The Kier molecular flexibility index (Phi) is 3.46. The van der Waals surface area contributed by atoms with Crippen LogP contribution in [-0.2, 0) is 6.54 Å². The van der Waals surface area contributed by atoms with Gasteiger partial charge in [0.2, 0.25) is 5.95 Å². The van der Waals surface area contributed by atoms with Crippen molar-refractivity contribution in [3.8, 4) is 0 Å². The second-order valence-electron chi connectivity index (χ2n) is 3.94. The topological polar surface area (TPSA) is 119 Å². The molecule has 0 bridgehead atoms. The van der Waals surface area contributed by atoms with Crippen LogP contribution in [0.3, 0.4) is 0 Å². The van der Waals surface area contributed by atoms with Crippen molar-refractivity contribution in [1.29, 1.82) is 5.41 Å². The van der Waals surface area contributed by atoms with E-state index in [4.69, 9.17) is 16.9 Å². The minimum Gasteiger partial charge on any atom is -0.370 e. The number of nitrogens with two attached hydrogens (primary N) is 2. The maximum atomic E-state index is 7.10. The van der Waals surface area contributed by atoms with E-state index in [1.807, 2.05) is 24.3 Å². The van der Waals surface area contributed by atoms with E-state index >= 15 is 0 Å². The fourth-order valence-electron chi connectivity index (χ4n) is 1.58. The first-order chi connectivity index (χ1) is 9.08. The Morgan fingerprint density at radius 1 is 1.42 bits per heavy atom. The highest BCUT2D eigenvalue weighted by atomic mass is 15.4. The fourth-order valence-corrected chi connectivity index (χ4v) is 1.58. The van der Waals surface area contributed by atoms with Crippen LogP contribution in [0.15, 0.2) is 30.8 Å². The van der Waals surface area contributed by atoms with Crippen LogP contribution < -0.4 is 16.8 Å². The summed E-state index contributed by atoms with van der Waals surface area (Å²) in [5.41, 5.74) is 13.0. The Bertz CT molecular complexity index is 597. The van der Waals surface area contributed by atoms with Gasteiger partial charge < -0.3 is 11.5 Å². The number of hydrogen-bond donors (Lipinski definition) is 4. The van der Waals surface area contributed by atoms with E-state index in [2.05, 4.69) is 22.0 Å². The predicted octanol–water partition coefficient (Wildman–Crippen LogP) is 0.857. The molecule has 0 atom stereocenters. The lowest BCUT2D eigenvalue weighted by molar-refractivity contribution is 0.699. The van der Waals surface area contributed by atoms with Gasteiger partial charge in [0, 0.05) is 0 Å². The minimum atomic E-state index is -0.229. The molecule has 6 N–H and O–H groups in total. The number of hydrogen-bond acceptors (Lipinski definition) is 4. The van der Waals surface area contributed by atoms with Gasteiger partial charge in [-0.25, -0.2) is 4.68 Å². The maximum absolute atomic E-state index is 7.10. The van der Waals surface area contributed by atoms with E-state index in [0.717, 1.165) is 11.1 Å². The van der Waals surface area contributed by atoms with Crippen molar-refractivity contribution in [2.45, 2.75) is 6.54 Å². The van der Waals surface area contributed by atoms with Crippen molar-refractivity contribution in [1.82, 2.24) is 14.8 Å². The van der Waals surface area contributed by atoms with E-state index in [9.17, 15) is 0 Å². The van der Waals surface area contributed by atoms with E-state index in [1.165, 1.54) is 4.68 Å². The first kappa shape index (κ1) is 12.6. The second kappa shape index (κ2) is 5.21. The van der Waals surface area contributed by atoms with E-state index < -0.39 is 0 Å². The van der Waals surface area contributed by atoms with Gasteiger partial charge in [-0.05, 0) is 11.1 Å². The van der Waals surface area contributed by atoms with Crippen LogP contribution in [0.5, 0.6) is 0 Å². The Labute approximate surface area is 110 Å². The summed E-state index contributed by atoms with van der Waals surface area (Å²) < 4.78 is 1.54. The smallest absolute Gasteiger partial charge is 0.250 e. The Balaban J connectivity index is 2.15. The minimum absolute atomic E-state index is 0.215. The molecule has 0 spiro atoms.